The first-order valence-corrected chi connectivity index (χ1v) is 12.4. The quantitative estimate of drug-likeness (QED) is 0.537. The van der Waals surface area contributed by atoms with Crippen LogP contribution < -0.4 is 4.31 Å². The van der Waals surface area contributed by atoms with Gasteiger partial charge in [-0.1, -0.05) is 31.5 Å². The molecule has 166 valence electrons. The summed E-state index contributed by atoms with van der Waals surface area (Å²) in [6, 6.07) is 12.9. The number of fused-ring (bicyclic) bond motifs is 1. The molecule has 1 aliphatic rings. The highest BCUT2D eigenvalue weighted by molar-refractivity contribution is 7.92. The fraction of sp³-hybridized carbons (Fsp3) is 0.458. The first-order valence-electron chi connectivity index (χ1n) is 11.0. The fourth-order valence-electron chi connectivity index (χ4n) is 4.01. The molecule has 1 aliphatic heterocycles. The fourth-order valence-corrected chi connectivity index (χ4v) is 5.68. The van der Waals surface area contributed by atoms with Crippen molar-refractivity contribution in [2.75, 3.05) is 24.1 Å². The number of nitrogens with zero attached hydrogens (tertiary/aromatic N) is 3. The van der Waals surface area contributed by atoms with Gasteiger partial charge in [0.15, 0.2) is 0 Å². The van der Waals surface area contributed by atoms with Crippen LogP contribution in [0.4, 0.5) is 5.69 Å². The highest BCUT2D eigenvalue weighted by Gasteiger charge is 2.26. The van der Waals surface area contributed by atoms with E-state index in [1.54, 1.807) is 12.1 Å². The van der Waals surface area contributed by atoms with E-state index in [1.807, 2.05) is 62.0 Å². The Balaban J connectivity index is 1.65. The second-order valence-corrected chi connectivity index (χ2v) is 10.8. The van der Waals surface area contributed by atoms with Gasteiger partial charge in [0.25, 0.3) is 10.0 Å². The average molecular weight is 442 g/mol. The van der Waals surface area contributed by atoms with E-state index in [9.17, 15) is 8.42 Å². The molecule has 7 heteroatoms. The van der Waals surface area contributed by atoms with Crippen LogP contribution in [0.5, 0.6) is 0 Å². The number of benzene rings is 2. The highest BCUT2D eigenvalue weighted by Crippen LogP contribution is 2.28. The van der Waals surface area contributed by atoms with E-state index in [0.29, 0.717) is 23.0 Å². The van der Waals surface area contributed by atoms with E-state index in [1.165, 1.54) is 4.31 Å². The SMILES string of the molecule is Cc1ccc(N(CC(C)C)S(=O)(=O)c2ccc3nn(CC4CCOCC4)cc3c2)cc1. The molecule has 1 fully saturated rings. The molecule has 3 aromatic rings. The van der Waals surface area contributed by atoms with E-state index < -0.39 is 10.0 Å². The monoisotopic (exact) mass is 441 g/mol. The lowest BCUT2D eigenvalue weighted by atomic mass is 10.0. The van der Waals surface area contributed by atoms with Crippen LogP contribution in [0.1, 0.15) is 32.3 Å². The molecule has 0 N–H and O–H groups in total. The van der Waals surface area contributed by atoms with E-state index in [2.05, 4.69) is 5.10 Å². The number of aromatic nitrogens is 2. The van der Waals surface area contributed by atoms with Crippen molar-refractivity contribution in [1.29, 1.82) is 0 Å². The molecule has 0 saturated carbocycles. The van der Waals surface area contributed by atoms with Crippen LogP contribution >= 0.6 is 0 Å². The van der Waals surface area contributed by atoms with Crippen molar-refractivity contribution >= 4 is 26.6 Å². The Morgan fingerprint density at radius 2 is 1.84 bits per heavy atom. The summed E-state index contributed by atoms with van der Waals surface area (Å²) in [7, 11) is -3.69. The number of hydrogen-bond acceptors (Lipinski definition) is 4. The molecule has 31 heavy (non-hydrogen) atoms. The maximum Gasteiger partial charge on any atom is 0.264 e. The van der Waals surface area contributed by atoms with Gasteiger partial charge in [-0.2, -0.15) is 5.10 Å². The summed E-state index contributed by atoms with van der Waals surface area (Å²) in [6.45, 7) is 8.92. The minimum absolute atomic E-state index is 0.196. The van der Waals surface area contributed by atoms with Crippen LogP contribution in [0.15, 0.2) is 53.6 Å². The van der Waals surface area contributed by atoms with Gasteiger partial charge in [-0.15, -0.1) is 0 Å². The molecule has 1 aromatic heterocycles. The third kappa shape index (κ3) is 4.93. The minimum atomic E-state index is -3.69. The van der Waals surface area contributed by atoms with Crippen LogP contribution in [-0.4, -0.2) is 38.0 Å². The summed E-state index contributed by atoms with van der Waals surface area (Å²) in [6.07, 6.45) is 4.04. The summed E-state index contributed by atoms with van der Waals surface area (Å²) in [5, 5.41) is 5.51. The zero-order valence-corrected chi connectivity index (χ0v) is 19.3. The summed E-state index contributed by atoms with van der Waals surface area (Å²) < 4.78 is 36.1. The van der Waals surface area contributed by atoms with Gasteiger partial charge in [0.1, 0.15) is 0 Å². The van der Waals surface area contributed by atoms with Crippen LogP contribution in [0.3, 0.4) is 0 Å². The van der Waals surface area contributed by atoms with Crippen molar-refractivity contribution in [1.82, 2.24) is 9.78 Å². The van der Waals surface area contributed by atoms with Crippen LogP contribution in [0, 0.1) is 18.8 Å². The van der Waals surface area contributed by atoms with Gasteiger partial charge < -0.3 is 4.74 Å². The molecule has 2 heterocycles. The molecule has 0 amide bonds. The maximum atomic E-state index is 13.6. The van der Waals surface area contributed by atoms with E-state index >= 15 is 0 Å². The molecule has 4 rings (SSSR count). The molecule has 0 atom stereocenters. The lowest BCUT2D eigenvalue weighted by Gasteiger charge is -2.26. The Bertz CT molecular complexity index is 1130. The van der Waals surface area contributed by atoms with Gasteiger partial charge in [0, 0.05) is 37.9 Å². The maximum absolute atomic E-state index is 13.6. The topological polar surface area (TPSA) is 64.4 Å². The molecule has 0 radical (unpaired) electrons. The summed E-state index contributed by atoms with van der Waals surface area (Å²) in [4.78, 5) is 0.298. The Morgan fingerprint density at radius 1 is 1.13 bits per heavy atom. The molecule has 1 saturated heterocycles. The van der Waals surface area contributed by atoms with Crippen molar-refractivity contribution in [2.24, 2.45) is 11.8 Å². The molecule has 0 bridgehead atoms. The molecule has 0 unspecified atom stereocenters. The molecule has 6 nitrogen and oxygen atoms in total. The normalized spacial score (nSPS) is 15.6. The van der Waals surface area contributed by atoms with Crippen molar-refractivity contribution in [2.45, 2.75) is 45.1 Å². The Labute approximate surface area is 184 Å². The highest BCUT2D eigenvalue weighted by atomic mass is 32.2. The van der Waals surface area contributed by atoms with Gasteiger partial charge in [0.2, 0.25) is 0 Å². The second-order valence-electron chi connectivity index (χ2n) is 8.89. The molecular weight excluding hydrogens is 410 g/mol. The van der Waals surface area contributed by atoms with Crippen molar-refractivity contribution in [3.8, 4) is 0 Å². The van der Waals surface area contributed by atoms with Crippen molar-refractivity contribution in [3.63, 3.8) is 0 Å². The zero-order chi connectivity index (χ0) is 22.0. The first kappa shape index (κ1) is 21.8. The van der Waals surface area contributed by atoms with Crippen LogP contribution in [-0.2, 0) is 21.3 Å². The standard InChI is InChI=1S/C24H31N3O3S/c1-18(2)15-27(22-6-4-19(3)5-7-22)31(28,29)23-8-9-24-21(14-23)17-26(25-24)16-20-10-12-30-13-11-20/h4-9,14,17-18,20H,10-13,15-16H2,1-3H3. The van der Waals surface area contributed by atoms with Gasteiger partial charge in [-0.25, -0.2) is 8.42 Å². The lowest BCUT2D eigenvalue weighted by molar-refractivity contribution is 0.0602. The van der Waals surface area contributed by atoms with Crippen molar-refractivity contribution < 1.29 is 13.2 Å². The number of hydrogen-bond donors (Lipinski definition) is 0. The molecule has 2 aromatic carbocycles. The number of ether oxygens (including phenoxy) is 1. The minimum Gasteiger partial charge on any atom is -0.381 e. The molecular formula is C24H31N3O3S. The van der Waals surface area contributed by atoms with Gasteiger partial charge in [-0.3, -0.25) is 8.99 Å². The first-order chi connectivity index (χ1) is 14.8. The van der Waals surface area contributed by atoms with E-state index in [0.717, 1.165) is 49.1 Å². The zero-order valence-electron chi connectivity index (χ0n) is 18.5. The van der Waals surface area contributed by atoms with Gasteiger partial charge in [-0.05, 0) is 61.9 Å². The largest absolute Gasteiger partial charge is 0.381 e. The number of rotatable bonds is 7. The van der Waals surface area contributed by atoms with Crippen LogP contribution in [0.25, 0.3) is 10.9 Å². The van der Waals surface area contributed by atoms with Crippen LogP contribution in [0.2, 0.25) is 0 Å². The van der Waals surface area contributed by atoms with E-state index in [4.69, 9.17) is 4.74 Å². The predicted octanol–water partition coefficient (Wildman–Crippen LogP) is 4.62. The van der Waals surface area contributed by atoms with Gasteiger partial charge in [0.05, 0.1) is 16.1 Å². The Hall–Kier alpha value is -2.38. The lowest BCUT2D eigenvalue weighted by Crippen LogP contribution is -2.34. The summed E-state index contributed by atoms with van der Waals surface area (Å²) in [5.41, 5.74) is 2.61. The molecule has 0 aliphatic carbocycles. The second kappa shape index (κ2) is 9.01. The summed E-state index contributed by atoms with van der Waals surface area (Å²) >= 11 is 0. The number of anilines is 1. The van der Waals surface area contributed by atoms with Crippen molar-refractivity contribution in [3.05, 3.63) is 54.2 Å². The number of sulfonamides is 1. The van der Waals surface area contributed by atoms with Gasteiger partial charge >= 0.3 is 0 Å². The third-order valence-electron chi connectivity index (χ3n) is 5.75. The Morgan fingerprint density at radius 3 is 2.52 bits per heavy atom. The smallest absolute Gasteiger partial charge is 0.264 e. The summed E-state index contributed by atoms with van der Waals surface area (Å²) in [5.74, 6) is 0.747. The predicted molar refractivity (Wildman–Crippen MR) is 124 cm³/mol. The number of aryl methyl sites for hydroxylation is 1. The van der Waals surface area contributed by atoms with E-state index in [-0.39, 0.29) is 5.92 Å². The third-order valence-corrected chi connectivity index (χ3v) is 7.54. The molecule has 0 spiro atoms. The Kier molecular flexibility index (Phi) is 6.34. The average Bonchev–Trinajstić information content (AvgIpc) is 3.14.